The summed E-state index contributed by atoms with van der Waals surface area (Å²) in [6, 6.07) is 0. The summed E-state index contributed by atoms with van der Waals surface area (Å²) in [6.45, 7) is 4.84. The van der Waals surface area contributed by atoms with Crippen molar-refractivity contribution >= 4 is 5.91 Å². The highest BCUT2D eigenvalue weighted by Gasteiger charge is 2.32. The number of nitrogens with one attached hydrogen (secondary N) is 1. The Bertz CT molecular complexity index is 225. The molecule has 94 valence electrons. The molecule has 0 radical (unpaired) electrons. The maximum Gasteiger partial charge on any atom is 0.219 e. The van der Waals surface area contributed by atoms with Crippen molar-refractivity contribution in [2.75, 3.05) is 39.9 Å². The molecule has 1 aliphatic rings. The number of piperidine rings is 1. The average Bonchev–Trinajstić information content (AvgIpc) is 2.25. The minimum Gasteiger partial charge on any atom is -0.388 e. The molecule has 16 heavy (non-hydrogen) atoms. The van der Waals surface area contributed by atoms with E-state index in [0.29, 0.717) is 39.1 Å². The van der Waals surface area contributed by atoms with Gasteiger partial charge in [-0.25, -0.2) is 0 Å². The molecule has 0 aliphatic carbocycles. The van der Waals surface area contributed by atoms with Gasteiger partial charge in [0.05, 0.1) is 12.2 Å². The van der Waals surface area contributed by atoms with E-state index in [0.717, 1.165) is 6.54 Å². The molecule has 1 amide bonds. The van der Waals surface area contributed by atoms with Crippen molar-refractivity contribution in [2.24, 2.45) is 0 Å². The summed E-state index contributed by atoms with van der Waals surface area (Å²) in [4.78, 5) is 12.9. The summed E-state index contributed by atoms with van der Waals surface area (Å²) in [5.41, 5.74) is -0.667. The highest BCUT2D eigenvalue weighted by atomic mass is 16.5. The minimum atomic E-state index is -0.667. The van der Waals surface area contributed by atoms with Crippen molar-refractivity contribution in [3.63, 3.8) is 0 Å². The zero-order valence-corrected chi connectivity index (χ0v) is 10.2. The van der Waals surface area contributed by atoms with Crippen LogP contribution in [0.4, 0.5) is 0 Å². The quantitative estimate of drug-likeness (QED) is 0.631. The number of rotatable bonds is 5. The molecule has 0 aromatic rings. The molecule has 2 N–H and O–H groups in total. The number of hydrogen-bond acceptors (Lipinski definition) is 4. The summed E-state index contributed by atoms with van der Waals surface area (Å²) >= 11 is 0. The van der Waals surface area contributed by atoms with Crippen LogP contribution >= 0.6 is 0 Å². The topological polar surface area (TPSA) is 61.8 Å². The third-order valence-electron chi connectivity index (χ3n) is 3.08. The molecular weight excluding hydrogens is 208 g/mol. The molecule has 0 aromatic heterocycles. The number of carbonyl (C=O) groups excluding carboxylic acids is 1. The zero-order valence-electron chi connectivity index (χ0n) is 10.2. The Hall–Kier alpha value is -0.650. The van der Waals surface area contributed by atoms with Gasteiger partial charge in [-0.2, -0.15) is 0 Å². The van der Waals surface area contributed by atoms with E-state index in [9.17, 15) is 9.90 Å². The van der Waals surface area contributed by atoms with Gasteiger partial charge < -0.3 is 20.1 Å². The lowest BCUT2D eigenvalue weighted by atomic mass is 9.91. The number of hydrogen-bond donors (Lipinski definition) is 2. The summed E-state index contributed by atoms with van der Waals surface area (Å²) in [6.07, 6.45) is 1.29. The Kier molecular flexibility index (Phi) is 5.18. The number of likely N-dealkylation sites (tertiary alicyclic amines) is 1. The average molecular weight is 230 g/mol. The summed E-state index contributed by atoms with van der Waals surface area (Å²) in [7, 11) is 1.65. The normalized spacial score (nSPS) is 19.8. The van der Waals surface area contributed by atoms with Gasteiger partial charge in [-0.1, -0.05) is 0 Å². The lowest BCUT2D eigenvalue weighted by Crippen LogP contribution is -2.51. The molecule has 1 saturated heterocycles. The van der Waals surface area contributed by atoms with Gasteiger partial charge in [0.25, 0.3) is 0 Å². The van der Waals surface area contributed by atoms with Crippen molar-refractivity contribution in [2.45, 2.75) is 25.4 Å². The van der Waals surface area contributed by atoms with E-state index in [1.165, 1.54) is 0 Å². The van der Waals surface area contributed by atoms with Gasteiger partial charge in [0.2, 0.25) is 5.91 Å². The summed E-state index contributed by atoms with van der Waals surface area (Å²) < 4.78 is 4.92. The maximum atomic E-state index is 11.1. The van der Waals surface area contributed by atoms with Crippen LogP contribution in [0.15, 0.2) is 0 Å². The SMILES string of the molecule is COCCNCC1(O)CCN(C(C)=O)CC1. The standard InChI is InChI=1S/C11H22N2O3/c1-10(14)13-6-3-11(15,4-7-13)9-12-5-8-16-2/h12,15H,3-9H2,1-2H3. The highest BCUT2D eigenvalue weighted by molar-refractivity contribution is 5.73. The predicted molar refractivity (Wildman–Crippen MR) is 61.2 cm³/mol. The zero-order chi connectivity index (χ0) is 12.0. The molecule has 5 nitrogen and oxygen atoms in total. The summed E-state index contributed by atoms with van der Waals surface area (Å²) in [5, 5.41) is 13.4. The molecule has 0 atom stereocenters. The van der Waals surface area contributed by atoms with Gasteiger partial charge in [0, 0.05) is 40.2 Å². The second-order valence-corrected chi connectivity index (χ2v) is 4.40. The molecule has 1 rings (SSSR count). The van der Waals surface area contributed by atoms with Crippen LogP contribution in [0.25, 0.3) is 0 Å². The van der Waals surface area contributed by atoms with Gasteiger partial charge in [-0.15, -0.1) is 0 Å². The van der Waals surface area contributed by atoms with E-state index >= 15 is 0 Å². The first kappa shape index (κ1) is 13.4. The van der Waals surface area contributed by atoms with E-state index in [1.807, 2.05) is 0 Å². The second kappa shape index (κ2) is 6.18. The highest BCUT2D eigenvalue weighted by Crippen LogP contribution is 2.21. The molecule has 0 spiro atoms. The minimum absolute atomic E-state index is 0.0920. The largest absolute Gasteiger partial charge is 0.388 e. The van der Waals surface area contributed by atoms with Crippen LogP contribution in [0.1, 0.15) is 19.8 Å². The number of carbonyl (C=O) groups is 1. The molecule has 0 unspecified atom stereocenters. The van der Waals surface area contributed by atoms with Crippen molar-refractivity contribution in [1.29, 1.82) is 0 Å². The van der Waals surface area contributed by atoms with Crippen molar-refractivity contribution in [1.82, 2.24) is 10.2 Å². The van der Waals surface area contributed by atoms with Crippen LogP contribution in [-0.2, 0) is 9.53 Å². The fraction of sp³-hybridized carbons (Fsp3) is 0.909. The Morgan fingerprint density at radius 1 is 1.50 bits per heavy atom. The predicted octanol–water partition coefficient (Wildman–Crippen LogP) is -0.404. The third kappa shape index (κ3) is 4.08. The molecule has 1 aliphatic heterocycles. The number of amides is 1. The molecule has 1 fully saturated rings. The third-order valence-corrected chi connectivity index (χ3v) is 3.08. The molecule has 0 bridgehead atoms. The van der Waals surface area contributed by atoms with Gasteiger partial charge >= 0.3 is 0 Å². The second-order valence-electron chi connectivity index (χ2n) is 4.40. The van der Waals surface area contributed by atoms with E-state index in [4.69, 9.17) is 4.74 Å². The first-order valence-electron chi connectivity index (χ1n) is 5.75. The van der Waals surface area contributed by atoms with Crippen LogP contribution in [0.2, 0.25) is 0 Å². The van der Waals surface area contributed by atoms with Crippen LogP contribution in [0, 0.1) is 0 Å². The number of ether oxygens (including phenoxy) is 1. The van der Waals surface area contributed by atoms with Gasteiger partial charge in [0.15, 0.2) is 0 Å². The number of nitrogens with zero attached hydrogens (tertiary/aromatic N) is 1. The molecule has 0 saturated carbocycles. The monoisotopic (exact) mass is 230 g/mol. The number of methoxy groups -OCH3 is 1. The van der Waals surface area contributed by atoms with E-state index < -0.39 is 5.60 Å². The Labute approximate surface area is 96.8 Å². The fourth-order valence-corrected chi connectivity index (χ4v) is 1.91. The lowest BCUT2D eigenvalue weighted by Gasteiger charge is -2.38. The van der Waals surface area contributed by atoms with Crippen LogP contribution < -0.4 is 5.32 Å². The van der Waals surface area contributed by atoms with E-state index in [1.54, 1.807) is 18.9 Å². The molecule has 0 aromatic carbocycles. The smallest absolute Gasteiger partial charge is 0.219 e. The van der Waals surface area contributed by atoms with Crippen LogP contribution in [0.3, 0.4) is 0 Å². The summed E-state index contributed by atoms with van der Waals surface area (Å²) in [5.74, 6) is 0.0920. The molecule has 5 heteroatoms. The Morgan fingerprint density at radius 2 is 2.12 bits per heavy atom. The maximum absolute atomic E-state index is 11.1. The van der Waals surface area contributed by atoms with Crippen molar-refractivity contribution in [3.8, 4) is 0 Å². The van der Waals surface area contributed by atoms with Crippen molar-refractivity contribution < 1.29 is 14.6 Å². The fourth-order valence-electron chi connectivity index (χ4n) is 1.91. The van der Waals surface area contributed by atoms with Gasteiger partial charge in [-0.3, -0.25) is 4.79 Å². The lowest BCUT2D eigenvalue weighted by molar-refractivity contribution is -0.132. The van der Waals surface area contributed by atoms with Gasteiger partial charge in [-0.05, 0) is 12.8 Å². The van der Waals surface area contributed by atoms with Crippen molar-refractivity contribution in [3.05, 3.63) is 0 Å². The van der Waals surface area contributed by atoms with E-state index in [2.05, 4.69) is 5.32 Å². The first-order valence-corrected chi connectivity index (χ1v) is 5.75. The molecule has 1 heterocycles. The molecular formula is C11H22N2O3. The van der Waals surface area contributed by atoms with Crippen LogP contribution in [-0.4, -0.2) is 61.4 Å². The van der Waals surface area contributed by atoms with Gasteiger partial charge in [0.1, 0.15) is 0 Å². The van der Waals surface area contributed by atoms with Crippen LogP contribution in [0.5, 0.6) is 0 Å². The Balaban J connectivity index is 2.24. The first-order chi connectivity index (χ1) is 7.57. The Morgan fingerprint density at radius 3 is 2.62 bits per heavy atom. The number of aliphatic hydroxyl groups is 1. The van der Waals surface area contributed by atoms with E-state index in [-0.39, 0.29) is 5.91 Å².